The summed E-state index contributed by atoms with van der Waals surface area (Å²) in [5, 5.41) is 3.23. The van der Waals surface area contributed by atoms with Gasteiger partial charge in [0.1, 0.15) is 0 Å². The highest BCUT2D eigenvalue weighted by Crippen LogP contribution is 2.28. The van der Waals surface area contributed by atoms with Gasteiger partial charge >= 0.3 is 0 Å². The molecule has 0 aromatic rings. The summed E-state index contributed by atoms with van der Waals surface area (Å²) in [6.07, 6.45) is 6.81. The van der Waals surface area contributed by atoms with Gasteiger partial charge in [-0.3, -0.25) is 4.99 Å². The van der Waals surface area contributed by atoms with Crippen LogP contribution in [0.1, 0.15) is 52.9 Å². The maximum Gasteiger partial charge on any atom is 0.189 e. The van der Waals surface area contributed by atoms with E-state index in [-0.39, 0.29) is 5.54 Å². The molecule has 112 valence electrons. The monoisotopic (exact) mass is 268 g/mol. The molecule has 0 radical (unpaired) electrons. The van der Waals surface area contributed by atoms with Crippen LogP contribution >= 0.6 is 0 Å². The summed E-state index contributed by atoms with van der Waals surface area (Å²) < 4.78 is 0. The highest BCUT2D eigenvalue weighted by Gasteiger charge is 2.25. The molecule has 1 fully saturated rings. The second-order valence-corrected chi connectivity index (χ2v) is 7.03. The number of likely N-dealkylation sites (N-methyl/N-ethyl adjacent to an activating group) is 1. The Kier molecular flexibility index (Phi) is 6.11. The maximum atomic E-state index is 5.96. The third kappa shape index (κ3) is 6.28. The molecule has 19 heavy (non-hydrogen) atoms. The van der Waals surface area contributed by atoms with Crippen molar-refractivity contribution < 1.29 is 0 Å². The van der Waals surface area contributed by atoms with Crippen LogP contribution in [-0.4, -0.2) is 43.1 Å². The standard InChI is InChI=1S/C15H32N4/c1-15(2,3)18-14(16)17-11-13(19(4)5)12-9-7-6-8-10-12/h12-13H,6-11H2,1-5H3,(H3,16,17,18). The number of nitrogens with one attached hydrogen (secondary N) is 1. The molecule has 3 N–H and O–H groups in total. The first kappa shape index (κ1) is 16.3. The van der Waals surface area contributed by atoms with Gasteiger partial charge in [0.25, 0.3) is 0 Å². The predicted molar refractivity (Wildman–Crippen MR) is 83.4 cm³/mol. The van der Waals surface area contributed by atoms with E-state index in [1.807, 2.05) is 0 Å². The molecule has 1 aliphatic carbocycles. The van der Waals surface area contributed by atoms with Gasteiger partial charge in [-0.2, -0.15) is 0 Å². The van der Waals surface area contributed by atoms with Crippen molar-refractivity contribution >= 4 is 5.96 Å². The van der Waals surface area contributed by atoms with E-state index in [9.17, 15) is 0 Å². The van der Waals surface area contributed by atoms with Crippen molar-refractivity contribution in [2.24, 2.45) is 16.6 Å². The van der Waals surface area contributed by atoms with Crippen LogP contribution in [0.15, 0.2) is 4.99 Å². The minimum absolute atomic E-state index is 0.0218. The van der Waals surface area contributed by atoms with E-state index in [0.717, 1.165) is 12.5 Å². The molecule has 0 aromatic heterocycles. The molecule has 0 bridgehead atoms. The number of hydrogen-bond acceptors (Lipinski definition) is 2. The Bertz CT molecular complexity index is 285. The van der Waals surface area contributed by atoms with E-state index in [2.05, 4.69) is 50.1 Å². The zero-order chi connectivity index (χ0) is 14.5. The van der Waals surface area contributed by atoms with Crippen molar-refractivity contribution in [3.63, 3.8) is 0 Å². The van der Waals surface area contributed by atoms with E-state index in [1.165, 1.54) is 32.1 Å². The van der Waals surface area contributed by atoms with Gasteiger partial charge in [0.2, 0.25) is 0 Å². The molecule has 0 amide bonds. The van der Waals surface area contributed by atoms with Crippen LogP contribution in [0.25, 0.3) is 0 Å². The van der Waals surface area contributed by atoms with E-state index in [0.29, 0.717) is 12.0 Å². The Labute approximate surface area is 118 Å². The van der Waals surface area contributed by atoms with Crippen molar-refractivity contribution in [3.05, 3.63) is 0 Å². The lowest BCUT2D eigenvalue weighted by Crippen LogP contribution is -2.46. The first-order valence-corrected chi connectivity index (χ1v) is 7.54. The van der Waals surface area contributed by atoms with Crippen molar-refractivity contribution in [1.82, 2.24) is 10.2 Å². The van der Waals surface area contributed by atoms with Crippen molar-refractivity contribution in [2.75, 3.05) is 20.6 Å². The number of guanidine groups is 1. The molecular formula is C15H32N4. The zero-order valence-electron chi connectivity index (χ0n) is 13.4. The lowest BCUT2D eigenvalue weighted by atomic mass is 9.83. The Balaban J connectivity index is 2.56. The van der Waals surface area contributed by atoms with Gasteiger partial charge in [-0.1, -0.05) is 19.3 Å². The number of aliphatic imine (C=N–C) groups is 1. The third-order valence-electron chi connectivity index (χ3n) is 3.81. The number of hydrogen-bond donors (Lipinski definition) is 2. The van der Waals surface area contributed by atoms with Crippen LogP contribution in [0.4, 0.5) is 0 Å². The third-order valence-corrected chi connectivity index (χ3v) is 3.81. The molecule has 0 heterocycles. The number of nitrogens with zero attached hydrogens (tertiary/aromatic N) is 2. The average Bonchev–Trinajstić information content (AvgIpc) is 2.27. The van der Waals surface area contributed by atoms with Crippen LogP contribution in [-0.2, 0) is 0 Å². The van der Waals surface area contributed by atoms with Gasteiger partial charge in [-0.15, -0.1) is 0 Å². The predicted octanol–water partition coefficient (Wildman–Crippen LogP) is 2.20. The molecule has 1 aliphatic rings. The smallest absolute Gasteiger partial charge is 0.189 e. The topological polar surface area (TPSA) is 53.6 Å². The minimum atomic E-state index is -0.0218. The van der Waals surface area contributed by atoms with Gasteiger partial charge in [0.05, 0.1) is 6.54 Å². The summed E-state index contributed by atoms with van der Waals surface area (Å²) >= 11 is 0. The van der Waals surface area contributed by atoms with E-state index in [4.69, 9.17) is 5.73 Å². The Hall–Kier alpha value is -0.770. The quantitative estimate of drug-likeness (QED) is 0.607. The molecule has 4 nitrogen and oxygen atoms in total. The lowest BCUT2D eigenvalue weighted by Gasteiger charge is -2.34. The SMILES string of the molecule is CN(C)C(CN=C(N)NC(C)(C)C)C1CCCCC1. The number of nitrogens with two attached hydrogens (primary N) is 1. The van der Waals surface area contributed by atoms with E-state index >= 15 is 0 Å². The fraction of sp³-hybridized carbons (Fsp3) is 0.933. The van der Waals surface area contributed by atoms with Crippen LogP contribution < -0.4 is 11.1 Å². The minimum Gasteiger partial charge on any atom is -0.370 e. The molecule has 0 aliphatic heterocycles. The Morgan fingerprint density at radius 2 is 1.84 bits per heavy atom. The van der Waals surface area contributed by atoms with E-state index < -0.39 is 0 Å². The van der Waals surface area contributed by atoms with E-state index in [1.54, 1.807) is 0 Å². The van der Waals surface area contributed by atoms with Crippen molar-refractivity contribution in [3.8, 4) is 0 Å². The van der Waals surface area contributed by atoms with Crippen LogP contribution in [0, 0.1) is 5.92 Å². The summed E-state index contributed by atoms with van der Waals surface area (Å²) in [5.41, 5.74) is 5.94. The summed E-state index contributed by atoms with van der Waals surface area (Å²) in [6.45, 7) is 7.09. The molecule has 0 spiro atoms. The molecule has 1 atom stereocenters. The van der Waals surface area contributed by atoms with Crippen LogP contribution in [0.3, 0.4) is 0 Å². The average molecular weight is 268 g/mol. The summed E-state index contributed by atoms with van der Waals surface area (Å²) in [4.78, 5) is 6.86. The summed E-state index contributed by atoms with van der Waals surface area (Å²) in [5.74, 6) is 1.34. The molecular weight excluding hydrogens is 236 g/mol. The van der Waals surface area contributed by atoms with Crippen molar-refractivity contribution in [2.45, 2.75) is 64.5 Å². The highest BCUT2D eigenvalue weighted by atomic mass is 15.2. The van der Waals surface area contributed by atoms with Gasteiger partial charge in [-0.05, 0) is 53.6 Å². The fourth-order valence-electron chi connectivity index (χ4n) is 2.87. The maximum absolute atomic E-state index is 5.96. The highest BCUT2D eigenvalue weighted by molar-refractivity contribution is 5.78. The van der Waals surface area contributed by atoms with Gasteiger partial charge in [-0.25, -0.2) is 0 Å². The first-order chi connectivity index (χ1) is 8.79. The molecule has 1 saturated carbocycles. The first-order valence-electron chi connectivity index (χ1n) is 7.54. The Morgan fingerprint density at radius 3 is 2.32 bits per heavy atom. The van der Waals surface area contributed by atoms with Gasteiger partial charge < -0.3 is 16.0 Å². The largest absolute Gasteiger partial charge is 0.370 e. The molecule has 0 aromatic carbocycles. The second-order valence-electron chi connectivity index (χ2n) is 7.03. The van der Waals surface area contributed by atoms with Crippen molar-refractivity contribution in [1.29, 1.82) is 0 Å². The molecule has 4 heteroatoms. The second kappa shape index (κ2) is 7.13. The lowest BCUT2D eigenvalue weighted by molar-refractivity contribution is 0.176. The van der Waals surface area contributed by atoms with Gasteiger partial charge in [0.15, 0.2) is 5.96 Å². The fourth-order valence-corrected chi connectivity index (χ4v) is 2.87. The molecule has 1 rings (SSSR count). The molecule has 1 unspecified atom stereocenters. The van der Waals surface area contributed by atoms with Gasteiger partial charge in [0, 0.05) is 11.6 Å². The number of rotatable bonds is 4. The van der Waals surface area contributed by atoms with Crippen LogP contribution in [0.5, 0.6) is 0 Å². The van der Waals surface area contributed by atoms with Crippen LogP contribution in [0.2, 0.25) is 0 Å². The normalized spacial score (nSPS) is 20.6. The summed E-state index contributed by atoms with van der Waals surface area (Å²) in [7, 11) is 4.31. The zero-order valence-corrected chi connectivity index (χ0v) is 13.4. The molecule has 0 saturated heterocycles. The summed E-state index contributed by atoms with van der Waals surface area (Å²) in [6, 6.07) is 0.514. The Morgan fingerprint density at radius 1 is 1.26 bits per heavy atom.